The Morgan fingerprint density at radius 1 is 1.22 bits per heavy atom. The van der Waals surface area contributed by atoms with Crippen molar-refractivity contribution in [2.75, 3.05) is 36.5 Å². The Morgan fingerprint density at radius 2 is 2.04 bits per heavy atom. The van der Waals surface area contributed by atoms with Crippen LogP contribution in [0.2, 0.25) is 5.02 Å². The number of anilines is 2. The highest BCUT2D eigenvalue weighted by atomic mass is 35.5. The van der Waals surface area contributed by atoms with Gasteiger partial charge in [-0.3, -0.25) is 9.89 Å². The Hall–Kier alpha value is -2.83. The van der Waals surface area contributed by atoms with Crippen LogP contribution in [0.1, 0.15) is 5.69 Å². The van der Waals surface area contributed by atoms with Crippen LogP contribution in [0.15, 0.2) is 48.5 Å². The number of fused-ring (bicyclic) bond motifs is 1. The van der Waals surface area contributed by atoms with Crippen LogP contribution in [-0.4, -0.2) is 42.4 Å². The third kappa shape index (κ3) is 3.97. The van der Waals surface area contributed by atoms with Crippen LogP contribution in [-0.2, 0) is 9.53 Å². The number of para-hydroxylation sites is 1. The molecule has 27 heavy (non-hydrogen) atoms. The standard InChI is InChI=1S/C20H19ClN4O2/c21-16-13-14(5-7-19(16)25-9-11-27-12-10-25)22-20(26)8-6-18-15-3-1-2-4-17(15)23-24-18/h1-8,13H,9-12H2,(H,22,26)(H,23,24). The molecule has 3 aromatic rings. The van der Waals surface area contributed by atoms with Gasteiger partial charge in [-0.15, -0.1) is 0 Å². The molecule has 2 N–H and O–H groups in total. The van der Waals surface area contributed by atoms with E-state index in [9.17, 15) is 4.79 Å². The van der Waals surface area contributed by atoms with Gasteiger partial charge in [0.2, 0.25) is 5.91 Å². The van der Waals surface area contributed by atoms with Crippen molar-refractivity contribution >= 4 is 45.9 Å². The van der Waals surface area contributed by atoms with Gasteiger partial charge in [-0.1, -0.05) is 29.8 Å². The first-order chi connectivity index (χ1) is 13.2. The average molecular weight is 383 g/mol. The molecule has 0 spiro atoms. The van der Waals surface area contributed by atoms with Crippen molar-refractivity contribution in [1.82, 2.24) is 10.2 Å². The second-order valence-corrected chi connectivity index (χ2v) is 6.65. The number of morpholine rings is 1. The second-order valence-electron chi connectivity index (χ2n) is 6.24. The molecule has 4 rings (SSSR count). The van der Waals surface area contributed by atoms with Crippen molar-refractivity contribution in [3.05, 3.63) is 59.3 Å². The van der Waals surface area contributed by atoms with Crippen molar-refractivity contribution in [3.63, 3.8) is 0 Å². The monoisotopic (exact) mass is 382 g/mol. The third-order valence-corrected chi connectivity index (χ3v) is 4.76. The fourth-order valence-electron chi connectivity index (χ4n) is 3.10. The lowest BCUT2D eigenvalue weighted by molar-refractivity contribution is -0.111. The highest BCUT2D eigenvalue weighted by Gasteiger charge is 2.14. The molecule has 0 radical (unpaired) electrons. The summed E-state index contributed by atoms with van der Waals surface area (Å²) in [6.45, 7) is 3.01. The smallest absolute Gasteiger partial charge is 0.248 e. The zero-order chi connectivity index (χ0) is 18.6. The molecule has 0 unspecified atom stereocenters. The van der Waals surface area contributed by atoms with Gasteiger partial charge in [-0.05, 0) is 30.3 Å². The molecular formula is C20H19ClN4O2. The summed E-state index contributed by atoms with van der Waals surface area (Å²) in [4.78, 5) is 14.4. The summed E-state index contributed by atoms with van der Waals surface area (Å²) in [5, 5.41) is 11.6. The van der Waals surface area contributed by atoms with E-state index in [1.807, 2.05) is 36.4 Å². The normalized spacial score (nSPS) is 14.8. The number of aromatic amines is 1. The number of carbonyl (C=O) groups excluding carboxylic acids is 1. The van der Waals surface area contributed by atoms with E-state index in [0.29, 0.717) is 23.9 Å². The summed E-state index contributed by atoms with van der Waals surface area (Å²) in [5.74, 6) is -0.239. The molecule has 1 aliphatic heterocycles. The van der Waals surface area contributed by atoms with Crippen molar-refractivity contribution in [2.45, 2.75) is 0 Å². The second kappa shape index (κ2) is 7.82. The Balaban J connectivity index is 1.44. The fraction of sp³-hybridized carbons (Fsp3) is 0.200. The quantitative estimate of drug-likeness (QED) is 0.675. The van der Waals surface area contributed by atoms with Crippen LogP contribution < -0.4 is 10.2 Å². The Kier molecular flexibility index (Phi) is 5.09. The topological polar surface area (TPSA) is 70.2 Å². The number of rotatable bonds is 4. The molecule has 138 valence electrons. The van der Waals surface area contributed by atoms with E-state index in [2.05, 4.69) is 20.4 Å². The van der Waals surface area contributed by atoms with Gasteiger partial charge in [0.15, 0.2) is 0 Å². The van der Waals surface area contributed by atoms with Crippen molar-refractivity contribution in [2.24, 2.45) is 0 Å². The van der Waals surface area contributed by atoms with E-state index in [1.54, 1.807) is 12.1 Å². The summed E-state index contributed by atoms with van der Waals surface area (Å²) < 4.78 is 5.37. The van der Waals surface area contributed by atoms with E-state index in [0.717, 1.165) is 35.4 Å². The first kappa shape index (κ1) is 17.6. The molecule has 6 nitrogen and oxygen atoms in total. The van der Waals surface area contributed by atoms with E-state index < -0.39 is 0 Å². The number of nitrogens with zero attached hydrogens (tertiary/aromatic N) is 2. The maximum absolute atomic E-state index is 12.2. The van der Waals surface area contributed by atoms with Gasteiger partial charge in [-0.25, -0.2) is 0 Å². The van der Waals surface area contributed by atoms with Crippen LogP contribution in [0, 0.1) is 0 Å². The summed E-state index contributed by atoms with van der Waals surface area (Å²) >= 11 is 6.40. The van der Waals surface area contributed by atoms with E-state index in [1.165, 1.54) is 6.08 Å². The van der Waals surface area contributed by atoms with Gasteiger partial charge in [0.25, 0.3) is 0 Å². The first-order valence-electron chi connectivity index (χ1n) is 8.75. The number of amides is 1. The highest BCUT2D eigenvalue weighted by molar-refractivity contribution is 6.33. The molecule has 1 amide bonds. The van der Waals surface area contributed by atoms with Gasteiger partial charge >= 0.3 is 0 Å². The van der Waals surface area contributed by atoms with Crippen molar-refractivity contribution in [1.29, 1.82) is 0 Å². The minimum absolute atomic E-state index is 0.239. The van der Waals surface area contributed by atoms with Crippen LogP contribution in [0.3, 0.4) is 0 Å². The number of nitrogens with one attached hydrogen (secondary N) is 2. The third-order valence-electron chi connectivity index (χ3n) is 4.46. The molecule has 0 saturated carbocycles. The molecule has 0 bridgehead atoms. The number of hydrogen-bond acceptors (Lipinski definition) is 4. The summed E-state index contributed by atoms with van der Waals surface area (Å²) in [7, 11) is 0. The molecular weight excluding hydrogens is 364 g/mol. The maximum Gasteiger partial charge on any atom is 0.248 e. The average Bonchev–Trinajstić information content (AvgIpc) is 3.10. The van der Waals surface area contributed by atoms with E-state index >= 15 is 0 Å². The fourth-order valence-corrected chi connectivity index (χ4v) is 3.40. The van der Waals surface area contributed by atoms with Gasteiger partial charge in [0.05, 0.1) is 35.1 Å². The van der Waals surface area contributed by atoms with Crippen LogP contribution >= 0.6 is 11.6 Å². The minimum Gasteiger partial charge on any atom is -0.378 e. The van der Waals surface area contributed by atoms with Crippen LogP contribution in [0.5, 0.6) is 0 Å². The lowest BCUT2D eigenvalue weighted by Gasteiger charge is -2.29. The number of H-pyrrole nitrogens is 1. The first-order valence-corrected chi connectivity index (χ1v) is 9.13. The largest absolute Gasteiger partial charge is 0.378 e. The zero-order valence-electron chi connectivity index (χ0n) is 14.6. The lowest BCUT2D eigenvalue weighted by Crippen LogP contribution is -2.36. The van der Waals surface area contributed by atoms with Crippen molar-refractivity contribution < 1.29 is 9.53 Å². The number of carbonyl (C=O) groups is 1. The van der Waals surface area contributed by atoms with E-state index in [4.69, 9.17) is 16.3 Å². The van der Waals surface area contributed by atoms with Crippen molar-refractivity contribution in [3.8, 4) is 0 Å². The molecule has 1 aromatic heterocycles. The number of ether oxygens (including phenoxy) is 1. The highest BCUT2D eigenvalue weighted by Crippen LogP contribution is 2.29. The van der Waals surface area contributed by atoms with Gasteiger partial charge in [0, 0.05) is 30.2 Å². The number of aromatic nitrogens is 2. The van der Waals surface area contributed by atoms with Gasteiger partial charge < -0.3 is 15.0 Å². The molecule has 2 aromatic carbocycles. The number of halogens is 1. The molecule has 7 heteroatoms. The summed E-state index contributed by atoms with van der Waals surface area (Å²) in [6, 6.07) is 13.3. The molecule has 1 aliphatic rings. The SMILES string of the molecule is O=C(C=Cc1n[nH]c2ccccc12)Nc1ccc(N2CCOCC2)c(Cl)c1. The maximum atomic E-state index is 12.2. The lowest BCUT2D eigenvalue weighted by atomic mass is 10.2. The summed E-state index contributed by atoms with van der Waals surface area (Å²) in [6.07, 6.45) is 3.16. The number of benzene rings is 2. The molecule has 0 aliphatic carbocycles. The van der Waals surface area contributed by atoms with Crippen LogP contribution in [0.4, 0.5) is 11.4 Å². The minimum atomic E-state index is -0.239. The molecule has 1 saturated heterocycles. The molecule has 0 atom stereocenters. The van der Waals surface area contributed by atoms with Crippen LogP contribution in [0.25, 0.3) is 17.0 Å². The summed E-state index contributed by atoms with van der Waals surface area (Å²) in [5.41, 5.74) is 3.26. The Labute approximate surface area is 161 Å². The zero-order valence-corrected chi connectivity index (χ0v) is 15.4. The van der Waals surface area contributed by atoms with E-state index in [-0.39, 0.29) is 5.91 Å². The predicted octanol–water partition coefficient (Wildman–Crippen LogP) is 3.70. The van der Waals surface area contributed by atoms with Gasteiger partial charge in [-0.2, -0.15) is 5.10 Å². The predicted molar refractivity (Wildman–Crippen MR) is 108 cm³/mol. The molecule has 2 heterocycles. The Morgan fingerprint density at radius 3 is 2.85 bits per heavy atom. The number of hydrogen-bond donors (Lipinski definition) is 2. The van der Waals surface area contributed by atoms with Gasteiger partial charge in [0.1, 0.15) is 0 Å². The Bertz CT molecular complexity index is 993. The molecule has 1 fully saturated rings.